The standard InChI is InChI=1S/C22H23BrN2O5S/c1-25(2)19(15-4-8-17(29-3)9-5-15)14-24-22(26)20-12-13-21(30-20)31(27,28)18-10-6-16(23)7-11-18/h4-13,19H,14H2,1-3H3,(H,24,26). The van der Waals surface area contributed by atoms with Crippen molar-refractivity contribution in [3.63, 3.8) is 0 Å². The summed E-state index contributed by atoms with van der Waals surface area (Å²) in [5, 5.41) is 2.53. The highest BCUT2D eigenvalue weighted by atomic mass is 79.9. The van der Waals surface area contributed by atoms with Crippen molar-refractivity contribution >= 4 is 31.7 Å². The van der Waals surface area contributed by atoms with Gasteiger partial charge in [-0.15, -0.1) is 0 Å². The number of nitrogens with one attached hydrogen (secondary N) is 1. The monoisotopic (exact) mass is 506 g/mol. The van der Waals surface area contributed by atoms with Crippen LogP contribution >= 0.6 is 15.9 Å². The summed E-state index contributed by atoms with van der Waals surface area (Å²) in [7, 11) is 1.58. The average Bonchev–Trinajstić information content (AvgIpc) is 3.26. The van der Waals surface area contributed by atoms with Crippen molar-refractivity contribution < 1.29 is 22.4 Å². The Kier molecular flexibility index (Phi) is 7.19. The molecule has 1 amide bonds. The van der Waals surface area contributed by atoms with Crippen LogP contribution in [0.2, 0.25) is 0 Å². The number of likely N-dealkylation sites (N-methyl/N-ethyl adjacent to an activating group) is 1. The van der Waals surface area contributed by atoms with Gasteiger partial charge in [-0.3, -0.25) is 4.79 Å². The lowest BCUT2D eigenvalue weighted by atomic mass is 10.1. The second-order valence-corrected chi connectivity index (χ2v) is 9.83. The van der Waals surface area contributed by atoms with Gasteiger partial charge < -0.3 is 19.4 Å². The number of hydrogen-bond acceptors (Lipinski definition) is 6. The van der Waals surface area contributed by atoms with Gasteiger partial charge in [0.05, 0.1) is 18.0 Å². The van der Waals surface area contributed by atoms with Gasteiger partial charge in [0.1, 0.15) is 5.75 Å². The van der Waals surface area contributed by atoms with E-state index in [-0.39, 0.29) is 21.8 Å². The Morgan fingerprint density at radius 3 is 2.29 bits per heavy atom. The minimum Gasteiger partial charge on any atom is -0.497 e. The molecule has 0 saturated heterocycles. The number of halogens is 1. The first-order valence-electron chi connectivity index (χ1n) is 9.41. The van der Waals surface area contributed by atoms with Crippen LogP contribution in [0.15, 0.2) is 79.5 Å². The summed E-state index contributed by atoms with van der Waals surface area (Å²) in [5.41, 5.74) is 1.00. The van der Waals surface area contributed by atoms with Crippen molar-refractivity contribution in [3.8, 4) is 5.75 Å². The van der Waals surface area contributed by atoms with Crippen LogP contribution in [0.4, 0.5) is 0 Å². The van der Waals surface area contributed by atoms with Crippen LogP contribution in [0.5, 0.6) is 5.75 Å². The van der Waals surface area contributed by atoms with Gasteiger partial charge in [0.25, 0.3) is 5.91 Å². The van der Waals surface area contributed by atoms with Crippen LogP contribution in [-0.4, -0.2) is 47.0 Å². The van der Waals surface area contributed by atoms with Crippen molar-refractivity contribution in [2.45, 2.75) is 16.0 Å². The van der Waals surface area contributed by atoms with Gasteiger partial charge in [-0.05, 0) is 68.2 Å². The third-order valence-corrected chi connectivity index (χ3v) is 6.94. The Bertz CT molecular complexity index is 1140. The molecule has 0 aliphatic carbocycles. The number of carbonyl (C=O) groups is 1. The van der Waals surface area contributed by atoms with Crippen molar-refractivity contribution in [2.24, 2.45) is 0 Å². The molecule has 0 aliphatic heterocycles. The van der Waals surface area contributed by atoms with Gasteiger partial charge in [0.15, 0.2) is 5.76 Å². The largest absolute Gasteiger partial charge is 0.497 e. The number of benzene rings is 2. The fourth-order valence-electron chi connectivity index (χ4n) is 3.02. The Labute approximate surface area is 190 Å². The van der Waals surface area contributed by atoms with E-state index in [2.05, 4.69) is 21.2 Å². The molecule has 0 radical (unpaired) electrons. The van der Waals surface area contributed by atoms with Gasteiger partial charge in [-0.2, -0.15) is 0 Å². The zero-order valence-corrected chi connectivity index (χ0v) is 19.7. The van der Waals surface area contributed by atoms with Crippen LogP contribution in [-0.2, 0) is 9.84 Å². The number of nitrogens with zero attached hydrogens (tertiary/aromatic N) is 1. The fourth-order valence-corrected chi connectivity index (χ4v) is 4.46. The first-order chi connectivity index (χ1) is 14.7. The van der Waals surface area contributed by atoms with Gasteiger partial charge in [0, 0.05) is 11.0 Å². The van der Waals surface area contributed by atoms with Gasteiger partial charge in [-0.25, -0.2) is 8.42 Å². The molecule has 0 saturated carbocycles. The third-order valence-electron chi connectivity index (χ3n) is 4.77. The van der Waals surface area contributed by atoms with Crippen molar-refractivity contribution in [2.75, 3.05) is 27.7 Å². The molecular formula is C22H23BrN2O5S. The Hall–Kier alpha value is -2.62. The lowest BCUT2D eigenvalue weighted by molar-refractivity contribution is 0.0909. The van der Waals surface area contributed by atoms with Gasteiger partial charge in [0.2, 0.25) is 14.9 Å². The maximum absolute atomic E-state index is 12.7. The lowest BCUT2D eigenvalue weighted by Crippen LogP contribution is -2.34. The maximum Gasteiger partial charge on any atom is 0.287 e. The smallest absolute Gasteiger partial charge is 0.287 e. The Balaban J connectivity index is 1.72. The summed E-state index contributed by atoms with van der Waals surface area (Å²) in [6, 6.07) is 16.4. The number of carbonyl (C=O) groups excluding carboxylic acids is 1. The van der Waals surface area contributed by atoms with E-state index in [1.807, 2.05) is 43.3 Å². The number of amides is 1. The van der Waals surface area contributed by atoms with E-state index in [1.54, 1.807) is 19.2 Å². The lowest BCUT2D eigenvalue weighted by Gasteiger charge is -2.25. The molecule has 1 N–H and O–H groups in total. The van der Waals surface area contributed by atoms with Crippen LogP contribution in [0.25, 0.3) is 0 Å². The SMILES string of the molecule is COc1ccc(C(CNC(=O)c2ccc(S(=O)(=O)c3ccc(Br)cc3)o2)N(C)C)cc1. The molecule has 164 valence electrons. The second-order valence-electron chi connectivity index (χ2n) is 7.04. The first-order valence-corrected chi connectivity index (χ1v) is 11.7. The normalized spacial score (nSPS) is 12.5. The van der Waals surface area contributed by atoms with Crippen LogP contribution in [0, 0.1) is 0 Å². The van der Waals surface area contributed by atoms with Crippen LogP contribution in [0.3, 0.4) is 0 Å². The second kappa shape index (κ2) is 9.67. The first kappa shape index (κ1) is 23.1. The topological polar surface area (TPSA) is 88.8 Å². The third kappa shape index (κ3) is 5.36. The molecule has 0 bridgehead atoms. The van der Waals surface area contributed by atoms with E-state index in [0.29, 0.717) is 6.54 Å². The van der Waals surface area contributed by atoms with E-state index >= 15 is 0 Å². The molecule has 3 aromatic rings. The predicted molar refractivity (Wildman–Crippen MR) is 120 cm³/mol. The number of sulfone groups is 1. The summed E-state index contributed by atoms with van der Waals surface area (Å²) in [6.45, 7) is 0.313. The molecular weight excluding hydrogens is 484 g/mol. The minimum absolute atomic E-state index is 0.0667. The molecule has 0 fully saturated rings. The highest BCUT2D eigenvalue weighted by Gasteiger charge is 2.24. The quantitative estimate of drug-likeness (QED) is 0.498. The highest BCUT2D eigenvalue weighted by Crippen LogP contribution is 2.25. The van der Waals surface area contributed by atoms with Crippen molar-refractivity contribution in [1.29, 1.82) is 0 Å². The maximum atomic E-state index is 12.7. The molecule has 31 heavy (non-hydrogen) atoms. The van der Waals surface area contributed by atoms with Crippen molar-refractivity contribution in [3.05, 3.63) is 76.5 Å². The van der Waals surface area contributed by atoms with Gasteiger partial charge >= 0.3 is 0 Å². The molecule has 1 unspecified atom stereocenters. The zero-order chi connectivity index (χ0) is 22.6. The highest BCUT2D eigenvalue weighted by molar-refractivity contribution is 9.10. The molecule has 1 atom stereocenters. The molecule has 7 nitrogen and oxygen atoms in total. The summed E-state index contributed by atoms with van der Waals surface area (Å²) in [6.07, 6.45) is 0. The minimum atomic E-state index is -3.85. The molecule has 2 aromatic carbocycles. The molecule has 9 heteroatoms. The summed E-state index contributed by atoms with van der Waals surface area (Å²) in [4.78, 5) is 14.6. The number of rotatable bonds is 8. The van der Waals surface area contributed by atoms with Crippen LogP contribution in [0.1, 0.15) is 22.2 Å². The Morgan fingerprint density at radius 1 is 1.06 bits per heavy atom. The van der Waals surface area contributed by atoms with E-state index in [1.165, 1.54) is 24.3 Å². The van der Waals surface area contributed by atoms with E-state index in [4.69, 9.17) is 9.15 Å². The van der Waals surface area contributed by atoms with Crippen molar-refractivity contribution in [1.82, 2.24) is 10.2 Å². The Morgan fingerprint density at radius 2 is 1.71 bits per heavy atom. The predicted octanol–water partition coefficient (Wildman–Crippen LogP) is 3.92. The summed E-state index contributed by atoms with van der Waals surface area (Å²) >= 11 is 3.27. The molecule has 0 aliphatic rings. The molecule has 1 aromatic heterocycles. The van der Waals surface area contributed by atoms with Gasteiger partial charge in [-0.1, -0.05) is 28.1 Å². The molecule has 3 rings (SSSR count). The average molecular weight is 507 g/mol. The molecule has 0 spiro atoms. The fraction of sp³-hybridized carbons (Fsp3) is 0.227. The van der Waals surface area contributed by atoms with E-state index in [0.717, 1.165) is 15.8 Å². The number of methoxy groups -OCH3 is 1. The van der Waals surface area contributed by atoms with Crippen LogP contribution < -0.4 is 10.1 Å². The number of furan rings is 1. The number of hydrogen-bond donors (Lipinski definition) is 1. The molecule has 1 heterocycles. The van der Waals surface area contributed by atoms with E-state index in [9.17, 15) is 13.2 Å². The zero-order valence-electron chi connectivity index (χ0n) is 17.3. The summed E-state index contributed by atoms with van der Waals surface area (Å²) < 4.78 is 36.8. The van der Waals surface area contributed by atoms with E-state index < -0.39 is 15.7 Å². The number of ether oxygens (including phenoxy) is 1. The summed E-state index contributed by atoms with van der Waals surface area (Å²) in [5.74, 6) is 0.195.